The highest BCUT2D eigenvalue weighted by Crippen LogP contribution is 2.40. The van der Waals surface area contributed by atoms with Crippen molar-refractivity contribution < 1.29 is 8.42 Å². The number of sulfone groups is 1. The highest BCUT2D eigenvalue weighted by atomic mass is 32.2. The van der Waals surface area contributed by atoms with Gasteiger partial charge in [0.15, 0.2) is 9.84 Å². The smallest absolute Gasteiger partial charge is 0.175 e. The van der Waals surface area contributed by atoms with Gasteiger partial charge in [0.1, 0.15) is 0 Å². The van der Waals surface area contributed by atoms with E-state index in [-0.39, 0.29) is 0 Å². The summed E-state index contributed by atoms with van der Waals surface area (Å²) in [5, 5.41) is 3.23. The topological polar surface area (TPSA) is 46.2 Å². The molecule has 1 heterocycles. The van der Waals surface area contributed by atoms with Gasteiger partial charge in [0.2, 0.25) is 0 Å². The van der Waals surface area contributed by atoms with Crippen LogP contribution in [0.2, 0.25) is 0 Å². The molecule has 2 aliphatic rings. The molecule has 1 aromatic carbocycles. The molecule has 0 bridgehead atoms. The Morgan fingerprint density at radius 1 is 1.17 bits per heavy atom. The van der Waals surface area contributed by atoms with E-state index in [1.165, 1.54) is 12.7 Å². The first-order valence-electron chi connectivity index (χ1n) is 6.60. The number of nitrogens with one attached hydrogen (secondary N) is 1. The predicted octanol–water partition coefficient (Wildman–Crippen LogP) is 2.04. The molecular formula is C14H19NO2S. The fraction of sp³-hybridized carbons (Fsp3) is 0.571. The molecule has 0 radical (unpaired) electrons. The van der Waals surface area contributed by atoms with Gasteiger partial charge < -0.3 is 5.32 Å². The van der Waals surface area contributed by atoms with Crippen LogP contribution in [0.25, 0.3) is 0 Å². The van der Waals surface area contributed by atoms with Gasteiger partial charge in [-0.05, 0) is 36.0 Å². The fourth-order valence-electron chi connectivity index (χ4n) is 2.71. The Labute approximate surface area is 109 Å². The van der Waals surface area contributed by atoms with Gasteiger partial charge in [0.25, 0.3) is 0 Å². The Morgan fingerprint density at radius 3 is 2.33 bits per heavy atom. The van der Waals surface area contributed by atoms with Gasteiger partial charge in [0, 0.05) is 25.3 Å². The third kappa shape index (κ3) is 2.08. The summed E-state index contributed by atoms with van der Waals surface area (Å²) in [7, 11) is -3.12. The molecule has 1 aliphatic heterocycles. The quantitative estimate of drug-likeness (QED) is 0.909. The second-order valence-electron chi connectivity index (χ2n) is 5.55. The summed E-state index contributed by atoms with van der Waals surface area (Å²) in [5.41, 5.74) is 2.21. The van der Waals surface area contributed by atoms with E-state index < -0.39 is 9.84 Å². The van der Waals surface area contributed by atoms with E-state index in [9.17, 15) is 8.42 Å². The second-order valence-corrected chi connectivity index (χ2v) is 7.54. The first kappa shape index (κ1) is 12.2. The lowest BCUT2D eigenvalue weighted by Gasteiger charge is -2.31. The van der Waals surface area contributed by atoms with Crippen LogP contribution in [0.15, 0.2) is 23.1 Å². The zero-order valence-corrected chi connectivity index (χ0v) is 11.5. The first-order chi connectivity index (χ1) is 8.55. The molecule has 0 spiro atoms. The summed E-state index contributed by atoms with van der Waals surface area (Å²) in [5.74, 6) is 0.948. The largest absolute Gasteiger partial charge is 0.315 e. The van der Waals surface area contributed by atoms with E-state index in [0.29, 0.717) is 16.7 Å². The van der Waals surface area contributed by atoms with Crippen molar-refractivity contribution in [3.05, 3.63) is 29.3 Å². The third-order valence-corrected chi connectivity index (χ3v) is 5.39. The molecule has 4 heteroatoms. The van der Waals surface area contributed by atoms with Crippen LogP contribution in [-0.4, -0.2) is 27.8 Å². The molecule has 3 nitrogen and oxygen atoms in total. The van der Waals surface area contributed by atoms with Gasteiger partial charge >= 0.3 is 0 Å². The summed E-state index contributed by atoms with van der Waals surface area (Å²) in [6, 6.07) is 6.08. The highest BCUT2D eigenvalue weighted by Gasteiger charge is 2.27. The minimum Gasteiger partial charge on any atom is -0.315 e. The Hall–Kier alpha value is -0.870. The SMILES string of the molecule is CS(=O)(=O)c1cc(C2CNC2)ccc1C1CCC1. The minimum absolute atomic E-state index is 0.461. The van der Waals surface area contributed by atoms with Crippen LogP contribution >= 0.6 is 0 Å². The van der Waals surface area contributed by atoms with Crippen LogP contribution in [-0.2, 0) is 9.84 Å². The summed E-state index contributed by atoms with van der Waals surface area (Å²) in [4.78, 5) is 0.566. The van der Waals surface area contributed by atoms with E-state index in [4.69, 9.17) is 0 Å². The molecule has 1 saturated heterocycles. The lowest BCUT2D eigenvalue weighted by molar-refractivity contribution is 0.412. The maximum Gasteiger partial charge on any atom is 0.175 e. The molecule has 3 rings (SSSR count). The van der Waals surface area contributed by atoms with Gasteiger partial charge in [-0.1, -0.05) is 18.6 Å². The van der Waals surface area contributed by atoms with E-state index in [1.54, 1.807) is 0 Å². The van der Waals surface area contributed by atoms with Gasteiger partial charge in [-0.2, -0.15) is 0 Å². The summed E-state index contributed by atoms with van der Waals surface area (Å²) >= 11 is 0. The molecule has 1 N–H and O–H groups in total. The molecule has 0 unspecified atom stereocenters. The van der Waals surface area contributed by atoms with Crippen molar-refractivity contribution >= 4 is 9.84 Å². The van der Waals surface area contributed by atoms with Crippen LogP contribution < -0.4 is 5.32 Å². The maximum atomic E-state index is 12.0. The van der Waals surface area contributed by atoms with Crippen molar-refractivity contribution in [1.82, 2.24) is 5.32 Å². The molecule has 1 aromatic rings. The van der Waals surface area contributed by atoms with Gasteiger partial charge in [-0.25, -0.2) is 8.42 Å². The van der Waals surface area contributed by atoms with Gasteiger partial charge in [0.05, 0.1) is 4.90 Å². The summed E-state index contributed by atoms with van der Waals surface area (Å²) in [6.45, 7) is 1.93. The third-order valence-electron chi connectivity index (χ3n) is 4.23. The summed E-state index contributed by atoms with van der Waals surface area (Å²) in [6.07, 6.45) is 4.81. The van der Waals surface area contributed by atoms with Crippen LogP contribution in [0, 0.1) is 0 Å². The minimum atomic E-state index is -3.12. The zero-order chi connectivity index (χ0) is 12.8. The van der Waals surface area contributed by atoms with Crippen LogP contribution in [0.5, 0.6) is 0 Å². The average Bonchev–Trinajstić information content (AvgIpc) is 2.13. The van der Waals surface area contributed by atoms with Crippen molar-refractivity contribution in [3.63, 3.8) is 0 Å². The Kier molecular flexibility index (Phi) is 2.94. The lowest BCUT2D eigenvalue weighted by atomic mass is 9.79. The Morgan fingerprint density at radius 2 is 1.89 bits per heavy atom. The maximum absolute atomic E-state index is 12.0. The fourth-order valence-corrected chi connectivity index (χ4v) is 3.72. The first-order valence-corrected chi connectivity index (χ1v) is 8.49. The van der Waals surface area contributed by atoms with Crippen molar-refractivity contribution in [2.24, 2.45) is 0 Å². The second kappa shape index (κ2) is 4.35. The number of hydrogen-bond donors (Lipinski definition) is 1. The number of hydrogen-bond acceptors (Lipinski definition) is 3. The van der Waals surface area contributed by atoms with Gasteiger partial charge in [-0.3, -0.25) is 0 Å². The monoisotopic (exact) mass is 265 g/mol. The number of rotatable bonds is 3. The molecule has 18 heavy (non-hydrogen) atoms. The normalized spacial score (nSPS) is 21.4. The van der Waals surface area contributed by atoms with Crippen LogP contribution in [0.4, 0.5) is 0 Å². The van der Waals surface area contributed by atoms with E-state index >= 15 is 0 Å². The van der Waals surface area contributed by atoms with Crippen LogP contribution in [0.3, 0.4) is 0 Å². The Balaban J connectivity index is 2.03. The molecule has 0 aromatic heterocycles. The highest BCUT2D eigenvalue weighted by molar-refractivity contribution is 7.90. The lowest BCUT2D eigenvalue weighted by Crippen LogP contribution is -2.39. The molecular weight excluding hydrogens is 246 g/mol. The molecule has 2 fully saturated rings. The predicted molar refractivity (Wildman–Crippen MR) is 71.8 cm³/mol. The average molecular weight is 265 g/mol. The molecule has 1 aliphatic carbocycles. The Bertz CT molecular complexity index is 557. The van der Waals surface area contributed by atoms with E-state index in [2.05, 4.69) is 11.4 Å². The number of benzene rings is 1. The molecule has 1 saturated carbocycles. The molecule has 0 amide bonds. The van der Waals surface area contributed by atoms with Crippen molar-refractivity contribution in [2.75, 3.05) is 19.3 Å². The van der Waals surface area contributed by atoms with Crippen molar-refractivity contribution in [3.8, 4) is 0 Å². The van der Waals surface area contributed by atoms with Crippen molar-refractivity contribution in [2.45, 2.75) is 36.0 Å². The van der Waals surface area contributed by atoms with E-state index in [1.807, 2.05) is 12.1 Å². The molecule has 0 atom stereocenters. The zero-order valence-electron chi connectivity index (χ0n) is 10.6. The molecule has 98 valence electrons. The van der Waals surface area contributed by atoms with Crippen molar-refractivity contribution in [1.29, 1.82) is 0 Å². The summed E-state index contributed by atoms with van der Waals surface area (Å²) < 4.78 is 23.9. The van der Waals surface area contributed by atoms with Gasteiger partial charge in [-0.15, -0.1) is 0 Å². The standard InChI is InChI=1S/C14H19NO2S/c1-18(16,17)14-7-11(12-8-15-9-12)5-6-13(14)10-3-2-4-10/h5-7,10,12,15H,2-4,8-9H2,1H3. The van der Waals surface area contributed by atoms with E-state index in [0.717, 1.165) is 37.1 Å². The van der Waals surface area contributed by atoms with Crippen LogP contribution in [0.1, 0.15) is 42.2 Å².